The van der Waals surface area contributed by atoms with E-state index in [2.05, 4.69) is 229 Å². The van der Waals surface area contributed by atoms with Crippen molar-refractivity contribution < 1.29 is 0 Å². The van der Waals surface area contributed by atoms with Crippen LogP contribution in [0.3, 0.4) is 0 Å². The van der Waals surface area contributed by atoms with Gasteiger partial charge in [0.1, 0.15) is 0 Å². The summed E-state index contributed by atoms with van der Waals surface area (Å²) in [5.74, 6) is 0. The van der Waals surface area contributed by atoms with E-state index in [0.717, 1.165) is 22.4 Å². The molecule has 12 aromatic carbocycles. The Balaban J connectivity index is 1.00. The Morgan fingerprint density at radius 2 is 0.864 bits per heavy atom. The molecule has 0 saturated carbocycles. The van der Waals surface area contributed by atoms with Gasteiger partial charge in [-0.1, -0.05) is 170 Å². The van der Waals surface area contributed by atoms with Crippen molar-refractivity contribution in [2.24, 2.45) is 0 Å². The molecule has 0 fully saturated rings. The topological polar surface area (TPSA) is 27.0 Å². The fourth-order valence-electron chi connectivity index (χ4n) is 10.4. The third-order valence-corrected chi connectivity index (χ3v) is 14.6. The Labute approximate surface area is 386 Å². The number of fused-ring (bicyclic) bond motifs is 8. The molecule has 0 spiro atoms. The predicted molar refractivity (Wildman–Crippen MR) is 283 cm³/mol. The first-order valence-corrected chi connectivity index (χ1v) is 23.2. The average molecular weight is 855 g/mol. The quantitative estimate of drug-likeness (QED) is 0.156. The molecule has 66 heavy (non-hydrogen) atoms. The highest BCUT2D eigenvalue weighted by atomic mass is 32.1. The highest BCUT2D eigenvalue weighted by molar-refractivity contribution is 7.26. The maximum absolute atomic E-state index is 9.68. The Morgan fingerprint density at radius 1 is 0.348 bits per heavy atom. The predicted octanol–water partition coefficient (Wildman–Crippen LogP) is 18.2. The normalized spacial score (nSPS) is 11.6. The maximum Gasteiger partial charge on any atom is 0.0991 e. The van der Waals surface area contributed by atoms with Crippen LogP contribution in [0.2, 0.25) is 0 Å². The van der Waals surface area contributed by atoms with E-state index in [1.165, 1.54) is 102 Å². The van der Waals surface area contributed by atoms with Crippen molar-refractivity contribution >= 4 is 102 Å². The van der Waals surface area contributed by atoms with Crippen molar-refractivity contribution in [3.05, 3.63) is 236 Å². The zero-order chi connectivity index (χ0) is 43.7. The van der Waals surface area contributed by atoms with Crippen LogP contribution in [0.1, 0.15) is 5.56 Å². The monoisotopic (exact) mass is 854 g/mol. The van der Waals surface area contributed by atoms with E-state index >= 15 is 0 Å². The number of hydrogen-bond donors (Lipinski definition) is 0. The van der Waals surface area contributed by atoms with Gasteiger partial charge in [-0.3, -0.25) is 0 Å². The van der Waals surface area contributed by atoms with Crippen molar-refractivity contribution in [3.63, 3.8) is 0 Å². The molecule has 306 valence electrons. The van der Waals surface area contributed by atoms with Gasteiger partial charge in [0, 0.05) is 26.8 Å². The molecule has 1 heterocycles. The third kappa shape index (κ3) is 6.08. The minimum atomic E-state index is 0.640. The second kappa shape index (κ2) is 15.3. The van der Waals surface area contributed by atoms with Crippen LogP contribution in [0.5, 0.6) is 0 Å². The highest BCUT2D eigenvalue weighted by Crippen LogP contribution is 2.49. The fourth-order valence-corrected chi connectivity index (χ4v) is 11.6. The van der Waals surface area contributed by atoms with E-state index in [9.17, 15) is 5.26 Å². The minimum Gasteiger partial charge on any atom is -0.309 e. The Bertz CT molecular complexity index is 4120. The van der Waals surface area contributed by atoms with Gasteiger partial charge in [-0.15, -0.1) is 11.3 Å². The summed E-state index contributed by atoms with van der Waals surface area (Å²) in [5, 5.41) is 24.4. The van der Waals surface area contributed by atoms with E-state index in [1.54, 1.807) is 0 Å². The van der Waals surface area contributed by atoms with Gasteiger partial charge in [0.05, 0.1) is 22.0 Å². The Morgan fingerprint density at radius 3 is 1.58 bits per heavy atom. The van der Waals surface area contributed by atoms with Gasteiger partial charge in [-0.2, -0.15) is 5.26 Å². The van der Waals surface area contributed by atoms with Gasteiger partial charge < -0.3 is 4.90 Å². The number of anilines is 3. The molecular formula is C63H38N2S. The summed E-state index contributed by atoms with van der Waals surface area (Å²) >= 11 is 1.82. The summed E-state index contributed by atoms with van der Waals surface area (Å²) in [6, 6.07) is 86.1. The summed E-state index contributed by atoms with van der Waals surface area (Å²) in [4.78, 5) is 2.34. The van der Waals surface area contributed by atoms with Crippen molar-refractivity contribution in [2.75, 3.05) is 4.90 Å². The molecule has 0 amide bonds. The Hall–Kier alpha value is -8.55. The largest absolute Gasteiger partial charge is 0.309 e. The van der Waals surface area contributed by atoms with Gasteiger partial charge in [0.25, 0.3) is 0 Å². The second-order valence-corrected chi connectivity index (χ2v) is 18.2. The summed E-state index contributed by atoms with van der Waals surface area (Å²) in [7, 11) is 0. The van der Waals surface area contributed by atoms with Gasteiger partial charge in [0.2, 0.25) is 0 Å². The van der Waals surface area contributed by atoms with Crippen LogP contribution in [-0.2, 0) is 0 Å². The summed E-state index contributed by atoms with van der Waals surface area (Å²) in [6.07, 6.45) is 0. The molecular weight excluding hydrogens is 817 g/mol. The van der Waals surface area contributed by atoms with Crippen LogP contribution in [0, 0.1) is 11.3 Å². The first-order valence-electron chi connectivity index (χ1n) is 22.4. The van der Waals surface area contributed by atoms with Crippen LogP contribution in [-0.4, -0.2) is 0 Å². The minimum absolute atomic E-state index is 0.640. The molecule has 0 unspecified atom stereocenters. The molecule has 1 aromatic heterocycles. The van der Waals surface area contributed by atoms with E-state index in [1.807, 2.05) is 23.5 Å². The van der Waals surface area contributed by atoms with Crippen LogP contribution in [0.4, 0.5) is 17.1 Å². The molecule has 0 saturated heterocycles. The lowest BCUT2D eigenvalue weighted by Gasteiger charge is -2.26. The van der Waals surface area contributed by atoms with E-state index in [4.69, 9.17) is 0 Å². The lowest BCUT2D eigenvalue weighted by atomic mass is 9.83. The van der Waals surface area contributed by atoms with Crippen molar-refractivity contribution in [1.82, 2.24) is 0 Å². The summed E-state index contributed by atoms with van der Waals surface area (Å²) in [5.41, 5.74) is 11.1. The average Bonchev–Trinajstić information content (AvgIpc) is 3.77. The van der Waals surface area contributed by atoms with E-state index in [-0.39, 0.29) is 0 Å². The molecule has 0 bridgehead atoms. The summed E-state index contributed by atoms with van der Waals surface area (Å²) < 4.78 is 2.50. The maximum atomic E-state index is 9.68. The molecule has 13 rings (SSSR count). The number of thiophene rings is 1. The van der Waals surface area contributed by atoms with Crippen LogP contribution >= 0.6 is 11.3 Å². The lowest BCUT2D eigenvalue weighted by Crippen LogP contribution is -2.10. The van der Waals surface area contributed by atoms with Crippen LogP contribution < -0.4 is 4.90 Å². The first kappa shape index (κ1) is 38.0. The Kier molecular flexibility index (Phi) is 8.81. The zero-order valence-electron chi connectivity index (χ0n) is 35.7. The first-order chi connectivity index (χ1) is 32.7. The number of nitrogens with zero attached hydrogens (tertiary/aromatic N) is 2. The SMILES string of the molecule is N#Cc1ccc(N(c2ccc3cc(-c4ccc5c(-c6cccc7ccccc67)c6ccccc6c(-c6cccc7ccccc67)c5c4)ccc3c2)c2cccc3c2sc2ccccc23)cc1. The molecule has 2 nitrogen and oxygen atoms in total. The molecule has 13 aromatic rings. The van der Waals surface area contributed by atoms with Gasteiger partial charge in [-0.25, -0.2) is 0 Å². The van der Waals surface area contributed by atoms with E-state index in [0.29, 0.717) is 5.56 Å². The van der Waals surface area contributed by atoms with Gasteiger partial charge in [-0.05, 0) is 148 Å². The molecule has 0 radical (unpaired) electrons. The molecule has 0 aliphatic carbocycles. The third-order valence-electron chi connectivity index (χ3n) is 13.4. The van der Waals surface area contributed by atoms with Crippen LogP contribution in [0.25, 0.3) is 107 Å². The second-order valence-electron chi connectivity index (χ2n) is 17.1. The van der Waals surface area contributed by atoms with Gasteiger partial charge in [0.15, 0.2) is 0 Å². The molecule has 0 atom stereocenters. The van der Waals surface area contributed by atoms with Crippen LogP contribution in [0.15, 0.2) is 231 Å². The standard InChI is InChI=1S/C63H38N2S/c64-39-40-26-32-47(33-27-40)65(59-24-11-23-57-51-18-7-8-25-60(51)66-63(57)59)48-34-30-44-36-43(28-29-45(44)37-48)46-31-35-56-58(38-46)62(53-22-10-15-42-13-2-4-17-50(42)53)55-20-6-5-19-54(55)61(56)52-21-9-14-41-12-1-3-16-49(41)52/h1-38H. The smallest absolute Gasteiger partial charge is 0.0991 e. The van der Waals surface area contributed by atoms with Gasteiger partial charge >= 0.3 is 0 Å². The zero-order valence-corrected chi connectivity index (χ0v) is 36.6. The van der Waals surface area contributed by atoms with E-state index < -0.39 is 0 Å². The molecule has 3 heteroatoms. The number of hydrogen-bond acceptors (Lipinski definition) is 3. The number of benzene rings is 12. The fraction of sp³-hybridized carbons (Fsp3) is 0. The molecule has 0 aliphatic heterocycles. The molecule has 0 aliphatic rings. The number of rotatable bonds is 6. The van der Waals surface area contributed by atoms with Crippen molar-refractivity contribution in [3.8, 4) is 39.4 Å². The van der Waals surface area contributed by atoms with Crippen molar-refractivity contribution in [1.29, 1.82) is 5.26 Å². The number of nitriles is 1. The lowest BCUT2D eigenvalue weighted by molar-refractivity contribution is 1.30. The highest BCUT2D eigenvalue weighted by Gasteiger charge is 2.21. The molecule has 0 N–H and O–H groups in total. The summed E-state index contributed by atoms with van der Waals surface area (Å²) in [6.45, 7) is 0. The van der Waals surface area contributed by atoms with Crippen molar-refractivity contribution in [2.45, 2.75) is 0 Å².